The summed E-state index contributed by atoms with van der Waals surface area (Å²) in [6.07, 6.45) is -0.645. The van der Waals surface area contributed by atoms with E-state index in [4.69, 9.17) is 4.74 Å². The molecule has 1 fully saturated rings. The maximum absolute atomic E-state index is 12.9. The first-order chi connectivity index (χ1) is 13.4. The first-order valence-corrected chi connectivity index (χ1v) is 10.1. The van der Waals surface area contributed by atoms with E-state index in [0.717, 1.165) is 43.4 Å². The third-order valence-electron chi connectivity index (χ3n) is 5.35. The Morgan fingerprint density at radius 1 is 1.18 bits per heavy atom. The lowest BCUT2D eigenvalue weighted by atomic mass is 9.97. The maximum atomic E-state index is 12.9. The largest absolute Gasteiger partial charge is 0.416 e. The molecule has 1 amide bonds. The Balaban J connectivity index is 2.10. The monoisotopic (exact) mass is 400 g/mol. The molecule has 1 aromatic rings. The van der Waals surface area contributed by atoms with E-state index in [2.05, 4.69) is 17.1 Å². The molecule has 0 radical (unpaired) electrons. The summed E-state index contributed by atoms with van der Waals surface area (Å²) < 4.78 is 44.0. The first kappa shape index (κ1) is 22.7. The number of halogens is 3. The molecule has 2 atom stereocenters. The van der Waals surface area contributed by atoms with Crippen molar-refractivity contribution >= 4 is 5.91 Å². The van der Waals surface area contributed by atoms with E-state index in [1.54, 1.807) is 0 Å². The van der Waals surface area contributed by atoms with Crippen LogP contribution in [0.4, 0.5) is 13.2 Å². The number of rotatable bonds is 9. The summed E-state index contributed by atoms with van der Waals surface area (Å²) >= 11 is 0. The molecule has 4 nitrogen and oxygen atoms in total. The topological polar surface area (TPSA) is 41.6 Å². The summed E-state index contributed by atoms with van der Waals surface area (Å²) in [5.74, 6) is 0.0130. The van der Waals surface area contributed by atoms with Crippen molar-refractivity contribution in [2.24, 2.45) is 5.92 Å². The molecule has 28 heavy (non-hydrogen) atoms. The number of carbonyl (C=O) groups excluding carboxylic acids is 1. The number of nitrogens with zero attached hydrogens (tertiary/aromatic N) is 1. The molecule has 2 unspecified atom stereocenters. The van der Waals surface area contributed by atoms with Crippen LogP contribution in [0.15, 0.2) is 24.3 Å². The number of alkyl halides is 3. The lowest BCUT2D eigenvalue weighted by Gasteiger charge is -2.35. The predicted octanol–water partition coefficient (Wildman–Crippen LogP) is 4.41. The summed E-state index contributed by atoms with van der Waals surface area (Å²) in [6, 6.07) is 5.09. The van der Waals surface area contributed by atoms with Gasteiger partial charge in [-0.25, -0.2) is 0 Å². The minimum absolute atomic E-state index is 0.0158. The second-order valence-corrected chi connectivity index (χ2v) is 7.28. The normalized spacial score (nSPS) is 17.9. The lowest BCUT2D eigenvalue weighted by molar-refractivity contribution is -0.137. The second kappa shape index (κ2) is 10.8. The molecule has 1 heterocycles. The van der Waals surface area contributed by atoms with Gasteiger partial charge in [-0.1, -0.05) is 38.8 Å². The number of amides is 1. The summed E-state index contributed by atoms with van der Waals surface area (Å²) in [6.45, 7) is 7.03. The molecule has 0 aliphatic carbocycles. The predicted molar refractivity (Wildman–Crippen MR) is 103 cm³/mol. The molecule has 1 aromatic carbocycles. The van der Waals surface area contributed by atoms with Crippen LogP contribution in [0.2, 0.25) is 0 Å². The maximum Gasteiger partial charge on any atom is 0.416 e. The van der Waals surface area contributed by atoms with E-state index < -0.39 is 11.7 Å². The summed E-state index contributed by atoms with van der Waals surface area (Å²) in [4.78, 5) is 14.7. The van der Waals surface area contributed by atoms with Gasteiger partial charge < -0.3 is 10.1 Å². The minimum Gasteiger partial charge on any atom is -0.379 e. The van der Waals surface area contributed by atoms with Crippen molar-refractivity contribution in [2.75, 3.05) is 32.8 Å². The van der Waals surface area contributed by atoms with Gasteiger partial charge in [0.1, 0.15) is 0 Å². The van der Waals surface area contributed by atoms with Crippen LogP contribution in [0.3, 0.4) is 0 Å². The summed E-state index contributed by atoms with van der Waals surface area (Å²) in [5, 5.41) is 3.04. The van der Waals surface area contributed by atoms with Gasteiger partial charge in [0.15, 0.2) is 0 Å². The third-order valence-corrected chi connectivity index (χ3v) is 5.35. The molecule has 1 N–H and O–H groups in total. The summed E-state index contributed by atoms with van der Waals surface area (Å²) in [7, 11) is 0. The molecule has 7 heteroatoms. The Kier molecular flexibility index (Phi) is 8.76. The Morgan fingerprint density at radius 2 is 1.82 bits per heavy atom. The number of benzene rings is 1. The van der Waals surface area contributed by atoms with Crippen molar-refractivity contribution in [3.05, 3.63) is 35.4 Å². The molecule has 1 saturated heterocycles. The Morgan fingerprint density at radius 3 is 2.36 bits per heavy atom. The average molecular weight is 400 g/mol. The van der Waals surface area contributed by atoms with Gasteiger partial charge in [0.05, 0.1) is 24.8 Å². The molecular formula is C21H31F3N2O2. The number of ether oxygens (including phenoxy) is 1. The van der Waals surface area contributed by atoms with Crippen molar-refractivity contribution in [1.29, 1.82) is 0 Å². The zero-order valence-corrected chi connectivity index (χ0v) is 16.7. The fourth-order valence-corrected chi connectivity index (χ4v) is 3.55. The number of hydrogen-bond donors (Lipinski definition) is 1. The molecular weight excluding hydrogens is 369 g/mol. The number of morpholine rings is 1. The van der Waals surface area contributed by atoms with Crippen molar-refractivity contribution in [1.82, 2.24) is 10.2 Å². The highest BCUT2D eigenvalue weighted by Crippen LogP contribution is 2.31. The van der Waals surface area contributed by atoms with Gasteiger partial charge in [-0.05, 0) is 30.5 Å². The van der Waals surface area contributed by atoms with Gasteiger partial charge in [0.25, 0.3) is 0 Å². The van der Waals surface area contributed by atoms with Gasteiger partial charge >= 0.3 is 6.18 Å². The Bertz CT molecular complexity index is 599. The SMILES string of the molecule is CCCCC(CC)C(=O)NCC(c1ccc(C(F)(F)F)cc1)N1CCOCC1. The van der Waals surface area contributed by atoms with Crippen LogP contribution in [-0.2, 0) is 15.7 Å². The number of hydrogen-bond acceptors (Lipinski definition) is 3. The van der Waals surface area contributed by atoms with Gasteiger partial charge in [0.2, 0.25) is 5.91 Å². The van der Waals surface area contributed by atoms with Crippen molar-refractivity contribution in [3.8, 4) is 0 Å². The van der Waals surface area contributed by atoms with E-state index in [0.29, 0.717) is 32.8 Å². The highest BCUT2D eigenvalue weighted by Gasteiger charge is 2.31. The van der Waals surface area contributed by atoms with Crippen molar-refractivity contribution in [3.63, 3.8) is 0 Å². The molecule has 0 aromatic heterocycles. The molecule has 1 aliphatic rings. The van der Waals surface area contributed by atoms with Crippen LogP contribution in [-0.4, -0.2) is 43.7 Å². The van der Waals surface area contributed by atoms with E-state index >= 15 is 0 Å². The van der Waals surface area contributed by atoms with E-state index in [-0.39, 0.29) is 17.9 Å². The van der Waals surface area contributed by atoms with Crippen molar-refractivity contribution < 1.29 is 22.7 Å². The van der Waals surface area contributed by atoms with Crippen LogP contribution in [0.25, 0.3) is 0 Å². The van der Waals surface area contributed by atoms with E-state index in [9.17, 15) is 18.0 Å². The van der Waals surface area contributed by atoms with Crippen LogP contribution in [0, 0.1) is 5.92 Å². The molecule has 158 valence electrons. The van der Waals surface area contributed by atoms with E-state index in [1.165, 1.54) is 12.1 Å². The van der Waals surface area contributed by atoms with Crippen molar-refractivity contribution in [2.45, 2.75) is 51.7 Å². The van der Waals surface area contributed by atoms with Gasteiger partial charge in [-0.15, -0.1) is 0 Å². The highest BCUT2D eigenvalue weighted by atomic mass is 19.4. The molecule has 0 spiro atoms. The van der Waals surface area contributed by atoms with Crippen LogP contribution < -0.4 is 5.32 Å². The quantitative estimate of drug-likeness (QED) is 0.668. The Hall–Kier alpha value is -1.60. The molecule has 2 rings (SSSR count). The molecule has 0 bridgehead atoms. The fraction of sp³-hybridized carbons (Fsp3) is 0.667. The van der Waals surface area contributed by atoms with Crippen LogP contribution >= 0.6 is 0 Å². The van der Waals surface area contributed by atoms with E-state index in [1.807, 2.05) is 6.92 Å². The average Bonchev–Trinajstić information content (AvgIpc) is 2.69. The molecule has 1 aliphatic heterocycles. The van der Waals surface area contributed by atoms with Crippen LogP contribution in [0.1, 0.15) is 56.7 Å². The van der Waals surface area contributed by atoms with Gasteiger partial charge in [0, 0.05) is 25.6 Å². The molecule has 0 saturated carbocycles. The fourth-order valence-electron chi connectivity index (χ4n) is 3.55. The number of nitrogens with one attached hydrogen (secondary N) is 1. The van der Waals surface area contributed by atoms with Crippen LogP contribution in [0.5, 0.6) is 0 Å². The van der Waals surface area contributed by atoms with Gasteiger partial charge in [-0.3, -0.25) is 9.69 Å². The smallest absolute Gasteiger partial charge is 0.379 e. The number of unbranched alkanes of at least 4 members (excludes halogenated alkanes) is 1. The first-order valence-electron chi connectivity index (χ1n) is 10.1. The highest BCUT2D eigenvalue weighted by molar-refractivity contribution is 5.78. The second-order valence-electron chi connectivity index (χ2n) is 7.28. The standard InChI is InChI=1S/C21H31F3N2O2/c1-3-5-6-16(4-2)20(27)25-15-19(26-11-13-28-14-12-26)17-7-9-18(10-8-17)21(22,23)24/h7-10,16,19H,3-6,11-15H2,1-2H3,(H,25,27). The zero-order chi connectivity index (χ0) is 20.6. The number of carbonyl (C=O) groups is 1. The minimum atomic E-state index is -4.35. The Labute approximate surface area is 165 Å². The van der Waals surface area contributed by atoms with Gasteiger partial charge in [-0.2, -0.15) is 13.2 Å². The third kappa shape index (κ3) is 6.48. The zero-order valence-electron chi connectivity index (χ0n) is 16.7. The lowest BCUT2D eigenvalue weighted by Crippen LogP contribution is -2.44. The summed E-state index contributed by atoms with van der Waals surface area (Å²) in [5.41, 5.74) is 0.114.